The lowest BCUT2D eigenvalue weighted by Crippen LogP contribution is -2.38. The van der Waals surface area contributed by atoms with Crippen molar-refractivity contribution in [3.63, 3.8) is 0 Å². The van der Waals surface area contributed by atoms with E-state index in [1.54, 1.807) is 10.9 Å². The third-order valence-electron chi connectivity index (χ3n) is 3.63. The monoisotopic (exact) mass is 265 g/mol. The molecule has 0 aromatic carbocycles. The van der Waals surface area contributed by atoms with Crippen molar-refractivity contribution in [1.29, 1.82) is 0 Å². The first-order chi connectivity index (χ1) is 8.65. The largest absolute Gasteiger partial charge is 0.346 e. The van der Waals surface area contributed by atoms with Gasteiger partial charge in [0.25, 0.3) is 5.91 Å². The maximum absolute atomic E-state index is 11.8. The van der Waals surface area contributed by atoms with Gasteiger partial charge in [0.15, 0.2) is 0 Å². The van der Waals surface area contributed by atoms with Crippen molar-refractivity contribution in [3.8, 4) is 0 Å². The van der Waals surface area contributed by atoms with Gasteiger partial charge in [-0.05, 0) is 12.3 Å². The van der Waals surface area contributed by atoms with Crippen LogP contribution in [0.25, 0.3) is 0 Å². The van der Waals surface area contributed by atoms with Crippen LogP contribution in [0.4, 0.5) is 0 Å². The quantitative estimate of drug-likeness (QED) is 0.882. The summed E-state index contributed by atoms with van der Waals surface area (Å²) in [5.41, 5.74) is 2.07. The average molecular weight is 265 g/mol. The lowest BCUT2D eigenvalue weighted by atomic mass is 10.2. The number of carbonyl (C=O) groups is 2. The molecule has 96 valence electrons. The fourth-order valence-corrected chi connectivity index (χ4v) is 3.00. The first kappa shape index (κ1) is 11.6. The van der Waals surface area contributed by atoms with Crippen LogP contribution in [0, 0.1) is 5.92 Å². The maximum Gasteiger partial charge on any atom is 0.271 e. The van der Waals surface area contributed by atoms with Gasteiger partial charge in [0.05, 0.1) is 11.6 Å². The Morgan fingerprint density at radius 3 is 3.00 bits per heavy atom. The van der Waals surface area contributed by atoms with E-state index in [9.17, 15) is 9.59 Å². The van der Waals surface area contributed by atoms with E-state index in [1.165, 1.54) is 11.3 Å². The molecular formula is C12H15N3O2S. The van der Waals surface area contributed by atoms with E-state index in [-0.39, 0.29) is 17.9 Å². The number of carbonyl (C=O) groups excluding carboxylic acids is 2. The summed E-state index contributed by atoms with van der Waals surface area (Å²) in [6.45, 7) is 2.79. The number of thiazole rings is 1. The molecule has 3 rings (SSSR count). The highest BCUT2D eigenvalue weighted by Gasteiger charge is 2.44. The van der Waals surface area contributed by atoms with Crippen LogP contribution in [-0.4, -0.2) is 40.3 Å². The van der Waals surface area contributed by atoms with Gasteiger partial charge in [0.2, 0.25) is 5.91 Å². The molecule has 0 radical (unpaired) electrons. The average Bonchev–Trinajstić information content (AvgIpc) is 2.80. The molecule has 1 aromatic rings. The Balaban J connectivity index is 1.59. The van der Waals surface area contributed by atoms with Gasteiger partial charge in [0.1, 0.15) is 5.69 Å². The molecule has 2 heterocycles. The molecule has 2 aliphatic rings. The Hall–Kier alpha value is -1.43. The van der Waals surface area contributed by atoms with E-state index in [0.29, 0.717) is 30.6 Å². The number of aromatic nitrogens is 1. The maximum atomic E-state index is 11.8. The SMILES string of the molecule is C[C@@H]1C[C@@H]1N1C[C@H](NC(=O)c2cscn2)CC1=O. The number of nitrogens with one attached hydrogen (secondary N) is 1. The minimum absolute atomic E-state index is 0.0699. The summed E-state index contributed by atoms with van der Waals surface area (Å²) in [6, 6.07) is 0.332. The van der Waals surface area contributed by atoms with E-state index in [4.69, 9.17) is 0 Å². The molecule has 0 spiro atoms. The van der Waals surface area contributed by atoms with Crippen molar-refractivity contribution in [2.24, 2.45) is 5.92 Å². The number of hydrogen-bond donors (Lipinski definition) is 1. The molecule has 3 atom stereocenters. The van der Waals surface area contributed by atoms with Gasteiger partial charge in [-0.25, -0.2) is 4.98 Å². The molecule has 2 amide bonds. The van der Waals surface area contributed by atoms with Crippen molar-refractivity contribution in [2.45, 2.75) is 31.8 Å². The topological polar surface area (TPSA) is 62.3 Å². The molecule has 0 unspecified atom stereocenters. The first-order valence-corrected chi connectivity index (χ1v) is 7.08. The second kappa shape index (κ2) is 4.35. The molecule has 1 aliphatic heterocycles. The number of amides is 2. The summed E-state index contributed by atoms with van der Waals surface area (Å²) in [5, 5.41) is 4.60. The van der Waals surface area contributed by atoms with Crippen LogP contribution in [0.1, 0.15) is 30.3 Å². The zero-order chi connectivity index (χ0) is 12.7. The molecule has 1 saturated heterocycles. The highest BCUT2D eigenvalue weighted by Crippen LogP contribution is 2.37. The van der Waals surface area contributed by atoms with E-state index in [1.807, 2.05) is 4.90 Å². The normalized spacial score (nSPS) is 30.6. The van der Waals surface area contributed by atoms with Crippen LogP contribution in [0.2, 0.25) is 0 Å². The molecule has 1 saturated carbocycles. The Labute approximate surface area is 109 Å². The molecule has 1 aliphatic carbocycles. The summed E-state index contributed by atoms with van der Waals surface area (Å²) >= 11 is 1.39. The number of hydrogen-bond acceptors (Lipinski definition) is 4. The van der Waals surface area contributed by atoms with Crippen LogP contribution in [0.3, 0.4) is 0 Å². The molecule has 6 heteroatoms. The zero-order valence-electron chi connectivity index (χ0n) is 10.1. The minimum atomic E-state index is -0.181. The smallest absolute Gasteiger partial charge is 0.271 e. The van der Waals surface area contributed by atoms with Crippen molar-refractivity contribution in [1.82, 2.24) is 15.2 Å². The van der Waals surface area contributed by atoms with Gasteiger partial charge >= 0.3 is 0 Å². The highest BCUT2D eigenvalue weighted by atomic mass is 32.1. The summed E-state index contributed by atoms with van der Waals surface area (Å²) in [6.07, 6.45) is 1.51. The van der Waals surface area contributed by atoms with Crippen molar-refractivity contribution < 1.29 is 9.59 Å². The first-order valence-electron chi connectivity index (χ1n) is 6.13. The van der Waals surface area contributed by atoms with Gasteiger partial charge in [-0.15, -0.1) is 11.3 Å². The Morgan fingerprint density at radius 1 is 1.61 bits per heavy atom. The number of likely N-dealkylation sites (tertiary alicyclic amines) is 1. The third kappa shape index (κ3) is 2.12. The third-order valence-corrected chi connectivity index (χ3v) is 4.21. The van der Waals surface area contributed by atoms with Crippen molar-refractivity contribution in [2.75, 3.05) is 6.54 Å². The second-order valence-electron chi connectivity index (χ2n) is 5.07. The number of rotatable bonds is 3. The van der Waals surface area contributed by atoms with Crippen LogP contribution in [0.15, 0.2) is 10.9 Å². The molecule has 1 aromatic heterocycles. The predicted molar refractivity (Wildman–Crippen MR) is 67.3 cm³/mol. The fraction of sp³-hybridized carbons (Fsp3) is 0.583. The minimum Gasteiger partial charge on any atom is -0.346 e. The van der Waals surface area contributed by atoms with Gasteiger partial charge in [-0.3, -0.25) is 9.59 Å². The zero-order valence-corrected chi connectivity index (χ0v) is 10.9. The van der Waals surface area contributed by atoms with Crippen LogP contribution in [-0.2, 0) is 4.79 Å². The van der Waals surface area contributed by atoms with E-state index in [2.05, 4.69) is 17.2 Å². The van der Waals surface area contributed by atoms with E-state index >= 15 is 0 Å². The second-order valence-corrected chi connectivity index (χ2v) is 5.79. The molecule has 1 N–H and O–H groups in total. The van der Waals surface area contributed by atoms with Gasteiger partial charge in [-0.1, -0.05) is 6.92 Å². The van der Waals surface area contributed by atoms with Gasteiger partial charge < -0.3 is 10.2 Å². The fourth-order valence-electron chi connectivity index (χ4n) is 2.47. The van der Waals surface area contributed by atoms with Gasteiger partial charge in [-0.2, -0.15) is 0 Å². The standard InChI is InChI=1S/C12H15N3O2S/c1-7-2-10(7)15-4-8(3-11(15)16)14-12(17)9-5-18-6-13-9/h5-8,10H,2-4H2,1H3,(H,14,17)/t7-,8-,10+/m1/s1. The lowest BCUT2D eigenvalue weighted by molar-refractivity contribution is -0.128. The molecular weight excluding hydrogens is 250 g/mol. The summed E-state index contributed by atoms with van der Waals surface area (Å²) in [4.78, 5) is 29.5. The summed E-state index contributed by atoms with van der Waals surface area (Å²) in [7, 11) is 0. The highest BCUT2D eigenvalue weighted by molar-refractivity contribution is 7.07. The summed E-state index contributed by atoms with van der Waals surface area (Å²) < 4.78 is 0. The van der Waals surface area contributed by atoms with E-state index < -0.39 is 0 Å². The molecule has 2 fully saturated rings. The number of nitrogens with zero attached hydrogens (tertiary/aromatic N) is 2. The van der Waals surface area contributed by atoms with Crippen LogP contribution < -0.4 is 5.32 Å². The van der Waals surface area contributed by atoms with Crippen LogP contribution in [0.5, 0.6) is 0 Å². The molecule has 0 bridgehead atoms. The van der Waals surface area contributed by atoms with Gasteiger partial charge in [0, 0.05) is 24.4 Å². The van der Waals surface area contributed by atoms with E-state index in [0.717, 1.165) is 6.42 Å². The Kier molecular flexibility index (Phi) is 2.81. The van der Waals surface area contributed by atoms with Crippen molar-refractivity contribution >= 4 is 23.2 Å². The predicted octanol–water partition coefficient (Wildman–Crippen LogP) is 0.882. The Morgan fingerprint density at radius 2 is 2.39 bits per heavy atom. The summed E-state index contributed by atoms with van der Waals surface area (Å²) in [5.74, 6) is 0.592. The molecule has 5 nitrogen and oxygen atoms in total. The Bertz CT molecular complexity index is 474. The molecule has 18 heavy (non-hydrogen) atoms. The lowest BCUT2D eigenvalue weighted by Gasteiger charge is -2.16. The van der Waals surface area contributed by atoms with Crippen molar-refractivity contribution in [3.05, 3.63) is 16.6 Å². The van der Waals surface area contributed by atoms with Crippen LogP contribution >= 0.6 is 11.3 Å².